The summed E-state index contributed by atoms with van der Waals surface area (Å²) in [5.41, 5.74) is 9.00. The minimum Gasteiger partial charge on any atom is -0.391 e. The molecule has 0 amide bonds. The number of aromatic nitrogens is 2. The van der Waals surface area contributed by atoms with E-state index < -0.39 is 0 Å². The standard InChI is InChI=1S/C24H34N6/c1-3-5-21-6-4-11-26-12-7-23(8-13-27-17-21)20(2)29-14-9-24(10-15-29)30-19-22(16-25)18-28-30/h4,6,11,17-19,23-24,26H,2,7-10,12-16,25H2,1H3/b11-4+,21-6-,27-17?. The molecular formula is C24H34N6. The van der Waals surface area contributed by atoms with Crippen LogP contribution >= 0.6 is 0 Å². The quantitative estimate of drug-likeness (QED) is 0.754. The molecule has 1 aromatic heterocycles. The van der Waals surface area contributed by atoms with Gasteiger partial charge in [0.05, 0.1) is 12.2 Å². The zero-order chi connectivity index (χ0) is 21.2. The number of hydrogen-bond acceptors (Lipinski definition) is 5. The van der Waals surface area contributed by atoms with Gasteiger partial charge in [-0.15, -0.1) is 5.92 Å². The third kappa shape index (κ3) is 6.11. The number of nitrogens with zero attached hydrogens (tertiary/aromatic N) is 4. The van der Waals surface area contributed by atoms with Crippen molar-refractivity contribution >= 4 is 6.21 Å². The van der Waals surface area contributed by atoms with E-state index in [9.17, 15) is 0 Å². The van der Waals surface area contributed by atoms with Crippen LogP contribution in [-0.2, 0) is 6.54 Å². The number of nitrogens with two attached hydrogens (primary N) is 1. The summed E-state index contributed by atoms with van der Waals surface area (Å²) in [7, 11) is 0. The van der Waals surface area contributed by atoms with Crippen molar-refractivity contribution in [1.82, 2.24) is 20.0 Å². The fourth-order valence-corrected chi connectivity index (χ4v) is 4.05. The molecule has 3 heterocycles. The van der Waals surface area contributed by atoms with Crippen LogP contribution in [0.3, 0.4) is 0 Å². The summed E-state index contributed by atoms with van der Waals surface area (Å²) in [6.45, 7) is 10.6. The van der Waals surface area contributed by atoms with Gasteiger partial charge in [0.1, 0.15) is 0 Å². The van der Waals surface area contributed by atoms with E-state index >= 15 is 0 Å². The van der Waals surface area contributed by atoms with E-state index in [1.165, 1.54) is 5.70 Å². The van der Waals surface area contributed by atoms with Crippen LogP contribution in [0, 0.1) is 17.8 Å². The monoisotopic (exact) mass is 406 g/mol. The molecule has 1 fully saturated rings. The largest absolute Gasteiger partial charge is 0.391 e. The average molecular weight is 407 g/mol. The number of hydrogen-bond donors (Lipinski definition) is 2. The minimum absolute atomic E-state index is 0.428. The van der Waals surface area contributed by atoms with Gasteiger partial charge in [-0.3, -0.25) is 9.67 Å². The zero-order valence-electron chi connectivity index (χ0n) is 18.1. The number of nitrogens with one attached hydrogen (secondary N) is 1. The molecule has 2 aliphatic heterocycles. The molecule has 6 heteroatoms. The average Bonchev–Trinajstić information content (AvgIpc) is 3.25. The second-order valence-electron chi connectivity index (χ2n) is 7.86. The molecule has 1 atom stereocenters. The Morgan fingerprint density at radius 2 is 2.13 bits per heavy atom. The van der Waals surface area contributed by atoms with E-state index in [1.807, 2.05) is 37.7 Å². The molecule has 0 aromatic carbocycles. The number of piperidine rings is 1. The predicted molar refractivity (Wildman–Crippen MR) is 124 cm³/mol. The fraction of sp³-hybridized carbons (Fsp3) is 0.500. The Labute approximate surface area is 180 Å². The number of rotatable bonds is 4. The highest BCUT2D eigenvalue weighted by atomic mass is 15.3. The van der Waals surface area contributed by atoms with E-state index in [2.05, 4.69) is 49.6 Å². The van der Waals surface area contributed by atoms with E-state index in [4.69, 9.17) is 5.73 Å². The molecular weight excluding hydrogens is 372 g/mol. The summed E-state index contributed by atoms with van der Waals surface area (Å²) in [5, 5.41) is 7.89. The normalized spacial score (nSPS) is 23.7. The SMILES string of the molecule is C=C(C1CCN=C/C(C#CC)=C\C=C\NCC1)N1CCC(n2cc(CN)cn2)CC1. The molecule has 0 radical (unpaired) electrons. The maximum Gasteiger partial charge on any atom is 0.0553 e. The first-order valence-electron chi connectivity index (χ1n) is 10.9. The van der Waals surface area contributed by atoms with Crippen LogP contribution in [0.25, 0.3) is 0 Å². The van der Waals surface area contributed by atoms with Crippen molar-refractivity contribution in [3.8, 4) is 11.8 Å². The Balaban J connectivity index is 1.56. The summed E-state index contributed by atoms with van der Waals surface area (Å²) in [6, 6.07) is 0.451. The van der Waals surface area contributed by atoms with Crippen LogP contribution in [0.15, 0.2) is 53.6 Å². The second kappa shape index (κ2) is 11.4. The van der Waals surface area contributed by atoms with Crippen LogP contribution in [0.4, 0.5) is 0 Å². The van der Waals surface area contributed by atoms with Gasteiger partial charge in [0.2, 0.25) is 0 Å². The molecule has 0 aliphatic carbocycles. The van der Waals surface area contributed by atoms with E-state index in [1.54, 1.807) is 0 Å². The number of allylic oxidation sites excluding steroid dienone is 4. The van der Waals surface area contributed by atoms with Gasteiger partial charge >= 0.3 is 0 Å². The van der Waals surface area contributed by atoms with E-state index in [0.717, 1.165) is 63.0 Å². The topological polar surface area (TPSA) is 71.5 Å². The Morgan fingerprint density at radius 1 is 1.30 bits per heavy atom. The van der Waals surface area contributed by atoms with Crippen LogP contribution in [0.2, 0.25) is 0 Å². The molecule has 30 heavy (non-hydrogen) atoms. The van der Waals surface area contributed by atoms with Crippen molar-refractivity contribution in [3.05, 3.63) is 54.2 Å². The summed E-state index contributed by atoms with van der Waals surface area (Å²) in [5.74, 6) is 6.46. The minimum atomic E-state index is 0.428. The van der Waals surface area contributed by atoms with Crippen LogP contribution in [0.1, 0.15) is 44.2 Å². The first kappa shape index (κ1) is 21.9. The maximum atomic E-state index is 5.72. The highest BCUT2D eigenvalue weighted by Gasteiger charge is 2.25. The highest BCUT2D eigenvalue weighted by molar-refractivity contribution is 5.85. The summed E-state index contributed by atoms with van der Waals surface area (Å²) in [4.78, 5) is 7.08. The van der Waals surface area contributed by atoms with Crippen molar-refractivity contribution in [2.75, 3.05) is 26.2 Å². The smallest absolute Gasteiger partial charge is 0.0553 e. The first-order chi connectivity index (χ1) is 14.7. The van der Waals surface area contributed by atoms with Crippen molar-refractivity contribution in [2.45, 2.75) is 45.2 Å². The Morgan fingerprint density at radius 3 is 2.87 bits per heavy atom. The molecule has 6 nitrogen and oxygen atoms in total. The first-order valence-corrected chi connectivity index (χ1v) is 10.9. The molecule has 3 N–H and O–H groups in total. The molecule has 1 unspecified atom stereocenters. The highest BCUT2D eigenvalue weighted by Crippen LogP contribution is 2.29. The molecule has 1 saturated heterocycles. The van der Waals surface area contributed by atoms with Gasteiger partial charge in [-0.25, -0.2) is 0 Å². The van der Waals surface area contributed by atoms with Gasteiger partial charge in [0, 0.05) is 67.9 Å². The zero-order valence-corrected chi connectivity index (χ0v) is 18.1. The number of likely N-dealkylation sites (tertiary alicyclic amines) is 1. The van der Waals surface area contributed by atoms with Crippen molar-refractivity contribution < 1.29 is 0 Å². The van der Waals surface area contributed by atoms with E-state index in [-0.39, 0.29) is 0 Å². The van der Waals surface area contributed by atoms with Gasteiger partial charge in [0.25, 0.3) is 0 Å². The predicted octanol–water partition coefficient (Wildman–Crippen LogP) is 3.03. The summed E-state index contributed by atoms with van der Waals surface area (Å²) < 4.78 is 2.09. The molecule has 0 spiro atoms. The second-order valence-corrected chi connectivity index (χ2v) is 7.86. The van der Waals surface area contributed by atoms with Crippen molar-refractivity contribution in [3.63, 3.8) is 0 Å². The number of aliphatic imine (C=N–C) groups is 1. The van der Waals surface area contributed by atoms with Crippen molar-refractivity contribution in [1.29, 1.82) is 0 Å². The lowest BCUT2D eigenvalue weighted by Gasteiger charge is -2.37. The Kier molecular flexibility index (Phi) is 8.34. The molecule has 160 valence electrons. The van der Waals surface area contributed by atoms with Crippen LogP contribution in [-0.4, -0.2) is 47.1 Å². The summed E-state index contributed by atoms with van der Waals surface area (Å²) >= 11 is 0. The van der Waals surface area contributed by atoms with Gasteiger partial charge in [-0.1, -0.05) is 12.5 Å². The van der Waals surface area contributed by atoms with Gasteiger partial charge < -0.3 is 16.0 Å². The molecule has 2 aliphatic rings. The summed E-state index contributed by atoms with van der Waals surface area (Å²) in [6.07, 6.45) is 16.1. The Bertz CT molecular complexity index is 843. The van der Waals surface area contributed by atoms with Crippen LogP contribution in [0.5, 0.6) is 0 Å². The lowest BCUT2D eigenvalue weighted by molar-refractivity contribution is 0.198. The van der Waals surface area contributed by atoms with Gasteiger partial charge in [-0.05, 0) is 51.0 Å². The maximum absolute atomic E-state index is 5.72. The lowest BCUT2D eigenvalue weighted by atomic mass is 9.94. The lowest BCUT2D eigenvalue weighted by Crippen LogP contribution is -2.36. The third-order valence-electron chi connectivity index (χ3n) is 5.84. The molecule has 0 saturated carbocycles. The third-order valence-corrected chi connectivity index (χ3v) is 5.84. The molecule has 0 bridgehead atoms. The van der Waals surface area contributed by atoms with Crippen LogP contribution < -0.4 is 11.1 Å². The fourth-order valence-electron chi connectivity index (χ4n) is 4.05. The molecule has 1 aromatic rings. The van der Waals surface area contributed by atoms with Gasteiger partial charge in [-0.2, -0.15) is 5.10 Å². The van der Waals surface area contributed by atoms with E-state index in [0.29, 0.717) is 18.5 Å². The van der Waals surface area contributed by atoms with Gasteiger partial charge in [0.15, 0.2) is 0 Å². The van der Waals surface area contributed by atoms with Crippen molar-refractivity contribution in [2.24, 2.45) is 16.6 Å². The molecule has 3 rings (SSSR count). The Hall–Kier alpha value is -2.78.